The molecule has 7 heteroatoms. The van der Waals surface area contributed by atoms with E-state index in [2.05, 4.69) is 58.2 Å². The largest absolute Gasteiger partial charge is 0.378 e. The molecule has 1 aromatic carbocycles. The van der Waals surface area contributed by atoms with Gasteiger partial charge in [0.05, 0.1) is 0 Å². The number of carbonyl (C=O) groups is 1. The molecule has 1 rings (SSSR count). The van der Waals surface area contributed by atoms with Crippen LogP contribution in [0.15, 0.2) is 29.3 Å². The number of hydrogen-bond acceptors (Lipinski definition) is 3. The minimum atomic E-state index is -0.00754. The van der Waals surface area contributed by atoms with Gasteiger partial charge in [-0.15, -0.1) is 24.0 Å². The third-order valence-electron chi connectivity index (χ3n) is 3.74. The second-order valence-electron chi connectivity index (χ2n) is 7.12. The SMILES string of the molecule is CC(C)CNC(=NCC(=O)N(C)C)N(C)Cc1cccc(N(C)C)c1.I. The fourth-order valence-corrected chi connectivity index (χ4v) is 2.17. The number of nitrogens with zero attached hydrogens (tertiary/aromatic N) is 4. The number of nitrogens with one attached hydrogen (secondary N) is 1. The van der Waals surface area contributed by atoms with E-state index in [1.807, 2.05) is 21.1 Å². The average Bonchev–Trinajstić information content (AvgIpc) is 2.54. The lowest BCUT2D eigenvalue weighted by atomic mass is 10.2. The fourth-order valence-electron chi connectivity index (χ4n) is 2.17. The van der Waals surface area contributed by atoms with Crippen molar-refractivity contribution in [1.29, 1.82) is 0 Å². The maximum atomic E-state index is 11.9. The van der Waals surface area contributed by atoms with E-state index in [0.717, 1.165) is 19.0 Å². The Kier molecular flexibility index (Phi) is 11.3. The van der Waals surface area contributed by atoms with Crippen molar-refractivity contribution in [3.63, 3.8) is 0 Å². The first kappa shape index (κ1) is 24.5. The van der Waals surface area contributed by atoms with Crippen molar-refractivity contribution in [2.24, 2.45) is 10.9 Å². The molecule has 26 heavy (non-hydrogen) atoms. The number of aliphatic imine (C=N–C) groups is 1. The Hall–Kier alpha value is -1.51. The van der Waals surface area contributed by atoms with Crippen LogP contribution in [0, 0.1) is 5.92 Å². The summed E-state index contributed by atoms with van der Waals surface area (Å²) in [7, 11) is 9.55. The number of anilines is 1. The maximum absolute atomic E-state index is 11.9. The normalized spacial score (nSPS) is 11.0. The molecule has 0 atom stereocenters. The predicted octanol–water partition coefficient (Wildman–Crippen LogP) is 2.49. The number of amides is 1. The van der Waals surface area contributed by atoms with E-state index >= 15 is 0 Å². The molecule has 148 valence electrons. The van der Waals surface area contributed by atoms with Crippen molar-refractivity contribution in [2.45, 2.75) is 20.4 Å². The van der Waals surface area contributed by atoms with Gasteiger partial charge in [-0.2, -0.15) is 0 Å². The van der Waals surface area contributed by atoms with Crippen molar-refractivity contribution < 1.29 is 4.79 Å². The van der Waals surface area contributed by atoms with Crippen LogP contribution in [0.4, 0.5) is 5.69 Å². The highest BCUT2D eigenvalue weighted by Gasteiger charge is 2.10. The molecule has 1 amide bonds. The fraction of sp³-hybridized carbons (Fsp3) is 0.579. The zero-order valence-electron chi connectivity index (χ0n) is 17.1. The van der Waals surface area contributed by atoms with Gasteiger partial charge in [0.2, 0.25) is 5.91 Å². The lowest BCUT2D eigenvalue weighted by Gasteiger charge is -2.24. The van der Waals surface area contributed by atoms with Crippen molar-refractivity contribution in [3.8, 4) is 0 Å². The lowest BCUT2D eigenvalue weighted by molar-refractivity contribution is -0.127. The zero-order valence-corrected chi connectivity index (χ0v) is 19.4. The van der Waals surface area contributed by atoms with Gasteiger partial charge in [0.25, 0.3) is 0 Å². The first-order chi connectivity index (χ1) is 11.7. The van der Waals surface area contributed by atoms with Crippen LogP contribution in [0.5, 0.6) is 0 Å². The molecule has 0 spiro atoms. The molecule has 0 saturated carbocycles. The minimum Gasteiger partial charge on any atom is -0.378 e. The molecule has 0 aromatic heterocycles. The van der Waals surface area contributed by atoms with E-state index < -0.39 is 0 Å². The molecule has 0 heterocycles. The number of guanidine groups is 1. The summed E-state index contributed by atoms with van der Waals surface area (Å²) in [6.45, 7) is 5.99. The Labute approximate surface area is 175 Å². The van der Waals surface area contributed by atoms with Gasteiger partial charge in [-0.1, -0.05) is 26.0 Å². The summed E-state index contributed by atoms with van der Waals surface area (Å²) in [6.07, 6.45) is 0. The Morgan fingerprint density at radius 2 is 1.81 bits per heavy atom. The van der Waals surface area contributed by atoms with Gasteiger partial charge in [0.15, 0.2) is 5.96 Å². The number of halogens is 1. The van der Waals surface area contributed by atoms with Crippen LogP contribution in [-0.2, 0) is 11.3 Å². The van der Waals surface area contributed by atoms with Gasteiger partial charge in [-0.25, -0.2) is 4.99 Å². The molecular weight excluding hydrogens is 441 g/mol. The Morgan fingerprint density at radius 1 is 1.15 bits per heavy atom. The highest BCUT2D eigenvalue weighted by atomic mass is 127. The summed E-state index contributed by atoms with van der Waals surface area (Å²) < 4.78 is 0. The van der Waals surface area contributed by atoms with E-state index in [1.165, 1.54) is 11.3 Å². The third kappa shape index (κ3) is 8.73. The minimum absolute atomic E-state index is 0. The number of likely N-dealkylation sites (N-methyl/N-ethyl adjacent to an activating group) is 1. The maximum Gasteiger partial charge on any atom is 0.243 e. The van der Waals surface area contributed by atoms with Gasteiger partial charge in [0, 0.05) is 54.0 Å². The van der Waals surface area contributed by atoms with E-state index in [4.69, 9.17) is 0 Å². The first-order valence-electron chi connectivity index (χ1n) is 8.66. The summed E-state index contributed by atoms with van der Waals surface area (Å²) >= 11 is 0. The highest BCUT2D eigenvalue weighted by Crippen LogP contribution is 2.14. The van der Waals surface area contributed by atoms with E-state index in [-0.39, 0.29) is 36.4 Å². The number of hydrogen-bond donors (Lipinski definition) is 1. The lowest BCUT2D eigenvalue weighted by Crippen LogP contribution is -2.41. The van der Waals surface area contributed by atoms with E-state index in [1.54, 1.807) is 19.0 Å². The summed E-state index contributed by atoms with van der Waals surface area (Å²) in [6, 6.07) is 8.42. The molecule has 0 fully saturated rings. The number of carbonyl (C=O) groups excluding carboxylic acids is 1. The van der Waals surface area contributed by atoms with Gasteiger partial charge < -0.3 is 20.0 Å². The third-order valence-corrected chi connectivity index (χ3v) is 3.74. The van der Waals surface area contributed by atoms with E-state index in [0.29, 0.717) is 5.92 Å². The number of rotatable bonds is 7. The van der Waals surface area contributed by atoms with Crippen molar-refractivity contribution >= 4 is 41.5 Å². The summed E-state index contributed by atoms with van der Waals surface area (Å²) in [5, 5.41) is 3.37. The van der Waals surface area contributed by atoms with Crippen LogP contribution >= 0.6 is 24.0 Å². The van der Waals surface area contributed by atoms with Crippen molar-refractivity contribution in [1.82, 2.24) is 15.1 Å². The molecule has 0 aliphatic carbocycles. The molecule has 0 aliphatic rings. The first-order valence-corrected chi connectivity index (χ1v) is 8.66. The van der Waals surface area contributed by atoms with E-state index in [9.17, 15) is 4.79 Å². The standard InChI is InChI=1S/C19H33N5O.HI/c1-15(2)12-20-19(21-13-18(25)23(5)6)24(7)14-16-9-8-10-17(11-16)22(3)4;/h8-11,15H,12-14H2,1-7H3,(H,20,21);1H. The average molecular weight is 475 g/mol. The van der Waals surface area contributed by atoms with Crippen LogP contribution < -0.4 is 10.2 Å². The van der Waals surface area contributed by atoms with Gasteiger partial charge in [-0.05, 0) is 23.6 Å². The molecule has 0 aliphatic heterocycles. The zero-order chi connectivity index (χ0) is 19.0. The summed E-state index contributed by atoms with van der Waals surface area (Å²) in [4.78, 5) is 22.1. The van der Waals surface area contributed by atoms with Gasteiger partial charge >= 0.3 is 0 Å². The Morgan fingerprint density at radius 3 is 2.35 bits per heavy atom. The van der Waals surface area contributed by atoms with Crippen LogP contribution in [0.25, 0.3) is 0 Å². The van der Waals surface area contributed by atoms with Crippen LogP contribution in [0.1, 0.15) is 19.4 Å². The van der Waals surface area contributed by atoms with Crippen molar-refractivity contribution in [3.05, 3.63) is 29.8 Å². The molecule has 6 nitrogen and oxygen atoms in total. The van der Waals surface area contributed by atoms with Crippen LogP contribution in [0.2, 0.25) is 0 Å². The quantitative estimate of drug-likeness (QED) is 0.374. The molecule has 0 bridgehead atoms. The molecule has 0 radical (unpaired) electrons. The Bertz CT molecular complexity index is 587. The van der Waals surface area contributed by atoms with Crippen molar-refractivity contribution in [2.75, 3.05) is 53.2 Å². The molecular formula is C19H34IN5O. The topological polar surface area (TPSA) is 51.2 Å². The summed E-state index contributed by atoms with van der Waals surface area (Å²) in [5.74, 6) is 1.24. The van der Waals surface area contributed by atoms with Crippen LogP contribution in [0.3, 0.4) is 0 Å². The smallest absolute Gasteiger partial charge is 0.243 e. The molecule has 1 N–H and O–H groups in total. The Balaban J connectivity index is 0.00000625. The molecule has 0 saturated heterocycles. The van der Waals surface area contributed by atoms with Crippen LogP contribution in [-0.4, -0.2) is 70.0 Å². The second-order valence-corrected chi connectivity index (χ2v) is 7.12. The number of benzene rings is 1. The highest BCUT2D eigenvalue weighted by molar-refractivity contribution is 14.0. The monoisotopic (exact) mass is 475 g/mol. The predicted molar refractivity (Wildman–Crippen MR) is 121 cm³/mol. The van der Waals surface area contributed by atoms with Gasteiger partial charge in [-0.3, -0.25) is 4.79 Å². The van der Waals surface area contributed by atoms with Gasteiger partial charge in [0.1, 0.15) is 6.54 Å². The molecule has 1 aromatic rings. The summed E-state index contributed by atoms with van der Waals surface area (Å²) in [5.41, 5.74) is 2.37. The second kappa shape index (κ2) is 12.0. The molecule has 0 unspecified atom stereocenters.